The highest BCUT2D eigenvalue weighted by molar-refractivity contribution is 5.88. The van der Waals surface area contributed by atoms with Gasteiger partial charge in [0.05, 0.1) is 5.92 Å². The van der Waals surface area contributed by atoms with Crippen LogP contribution in [0.15, 0.2) is 11.6 Å². The molecule has 19 heavy (non-hydrogen) atoms. The van der Waals surface area contributed by atoms with E-state index in [1.165, 1.54) is 17.9 Å². The third kappa shape index (κ3) is 7.96. The summed E-state index contributed by atoms with van der Waals surface area (Å²) in [6.07, 6.45) is 1.69. The molecule has 0 aliphatic heterocycles. The lowest BCUT2D eigenvalue weighted by atomic mass is 10.1. The molecule has 6 heteroatoms. The standard InChI is InChI=1S/C13H21NO5/c1-9(2)7-11(15)14(6-4-5-12(16)17)8-10(3)13(18)19/h7,10H,4-6,8H2,1-3H3,(H,16,17)(H,18,19). The molecule has 108 valence electrons. The summed E-state index contributed by atoms with van der Waals surface area (Å²) in [4.78, 5) is 34.5. The van der Waals surface area contributed by atoms with Crippen LogP contribution in [-0.2, 0) is 14.4 Å². The normalized spacial score (nSPS) is 11.5. The third-order valence-electron chi connectivity index (χ3n) is 2.46. The number of rotatable bonds is 8. The van der Waals surface area contributed by atoms with Crippen molar-refractivity contribution in [1.29, 1.82) is 0 Å². The van der Waals surface area contributed by atoms with Crippen molar-refractivity contribution in [1.82, 2.24) is 4.90 Å². The molecule has 2 N–H and O–H groups in total. The minimum atomic E-state index is -0.978. The average molecular weight is 271 g/mol. The lowest BCUT2D eigenvalue weighted by molar-refractivity contribution is -0.143. The summed E-state index contributed by atoms with van der Waals surface area (Å²) in [6.45, 7) is 5.38. The van der Waals surface area contributed by atoms with Crippen molar-refractivity contribution in [3.63, 3.8) is 0 Å². The smallest absolute Gasteiger partial charge is 0.308 e. The Morgan fingerprint density at radius 1 is 1.21 bits per heavy atom. The van der Waals surface area contributed by atoms with Gasteiger partial charge in [-0.2, -0.15) is 0 Å². The average Bonchev–Trinajstić information content (AvgIpc) is 2.25. The zero-order valence-electron chi connectivity index (χ0n) is 11.5. The number of carboxylic acid groups (broad SMARTS) is 2. The van der Waals surface area contributed by atoms with Crippen LogP contribution in [0.4, 0.5) is 0 Å². The second kappa shape index (κ2) is 8.29. The van der Waals surface area contributed by atoms with Gasteiger partial charge in [-0.05, 0) is 20.3 Å². The molecule has 0 radical (unpaired) electrons. The molecule has 0 bridgehead atoms. The maximum Gasteiger partial charge on any atom is 0.308 e. The van der Waals surface area contributed by atoms with Crippen molar-refractivity contribution in [2.24, 2.45) is 5.92 Å². The predicted molar refractivity (Wildman–Crippen MR) is 69.7 cm³/mol. The van der Waals surface area contributed by atoms with Crippen LogP contribution in [0.5, 0.6) is 0 Å². The third-order valence-corrected chi connectivity index (χ3v) is 2.46. The topological polar surface area (TPSA) is 94.9 Å². The van der Waals surface area contributed by atoms with Gasteiger partial charge in [0.15, 0.2) is 0 Å². The quantitative estimate of drug-likeness (QED) is 0.650. The van der Waals surface area contributed by atoms with Gasteiger partial charge in [0.2, 0.25) is 5.91 Å². The van der Waals surface area contributed by atoms with E-state index in [4.69, 9.17) is 10.2 Å². The van der Waals surface area contributed by atoms with E-state index in [1.807, 2.05) is 0 Å². The Labute approximate surface area is 112 Å². The first-order chi connectivity index (χ1) is 8.73. The molecular weight excluding hydrogens is 250 g/mol. The minimum Gasteiger partial charge on any atom is -0.481 e. The molecule has 1 amide bonds. The van der Waals surface area contributed by atoms with Gasteiger partial charge in [-0.3, -0.25) is 14.4 Å². The van der Waals surface area contributed by atoms with Crippen molar-refractivity contribution in [2.75, 3.05) is 13.1 Å². The molecule has 6 nitrogen and oxygen atoms in total. The van der Waals surface area contributed by atoms with Crippen molar-refractivity contribution < 1.29 is 24.6 Å². The maximum absolute atomic E-state index is 11.9. The minimum absolute atomic E-state index is 0.0416. The van der Waals surface area contributed by atoms with Gasteiger partial charge >= 0.3 is 11.9 Å². The summed E-state index contributed by atoms with van der Waals surface area (Å²) in [5.41, 5.74) is 0.816. The van der Waals surface area contributed by atoms with Gasteiger partial charge in [-0.1, -0.05) is 12.5 Å². The second-order valence-electron chi connectivity index (χ2n) is 4.74. The molecule has 0 saturated carbocycles. The Morgan fingerprint density at radius 2 is 1.79 bits per heavy atom. The number of aliphatic carboxylic acids is 2. The Hall–Kier alpha value is -1.85. The Bertz CT molecular complexity index is 371. The first kappa shape index (κ1) is 17.2. The second-order valence-corrected chi connectivity index (χ2v) is 4.74. The summed E-state index contributed by atoms with van der Waals surface area (Å²) < 4.78 is 0. The van der Waals surface area contributed by atoms with E-state index in [0.717, 1.165) is 5.57 Å². The maximum atomic E-state index is 11.9. The first-order valence-electron chi connectivity index (χ1n) is 6.12. The number of carbonyl (C=O) groups excluding carboxylic acids is 1. The molecule has 0 aliphatic carbocycles. The predicted octanol–water partition coefficient (Wildman–Crippen LogP) is 1.37. The lowest BCUT2D eigenvalue weighted by Gasteiger charge is -2.23. The molecule has 0 rings (SSSR count). The van der Waals surface area contributed by atoms with Crippen molar-refractivity contribution in [2.45, 2.75) is 33.6 Å². The van der Waals surface area contributed by atoms with Gasteiger partial charge in [0.25, 0.3) is 0 Å². The Morgan fingerprint density at radius 3 is 2.21 bits per heavy atom. The highest BCUT2D eigenvalue weighted by Crippen LogP contribution is 2.05. The first-order valence-corrected chi connectivity index (χ1v) is 6.12. The van der Waals surface area contributed by atoms with Crippen molar-refractivity contribution in [3.05, 3.63) is 11.6 Å². The van der Waals surface area contributed by atoms with Crippen LogP contribution in [0.3, 0.4) is 0 Å². The summed E-state index contributed by atoms with van der Waals surface area (Å²) >= 11 is 0. The molecule has 0 heterocycles. The Balaban J connectivity index is 4.63. The number of allylic oxidation sites excluding steroid dienone is 1. The number of amides is 1. The highest BCUT2D eigenvalue weighted by Gasteiger charge is 2.19. The Kier molecular flexibility index (Phi) is 7.48. The summed E-state index contributed by atoms with van der Waals surface area (Å²) in [7, 11) is 0. The fourth-order valence-electron chi connectivity index (χ4n) is 1.46. The molecular formula is C13H21NO5. The number of carbonyl (C=O) groups is 3. The lowest BCUT2D eigenvalue weighted by Crippen LogP contribution is -2.37. The summed E-state index contributed by atoms with van der Waals surface area (Å²) in [6, 6.07) is 0. The van der Waals surface area contributed by atoms with Crippen molar-refractivity contribution in [3.8, 4) is 0 Å². The zero-order valence-corrected chi connectivity index (χ0v) is 11.5. The van der Waals surface area contributed by atoms with Crippen LogP contribution in [0.1, 0.15) is 33.6 Å². The van der Waals surface area contributed by atoms with E-state index in [0.29, 0.717) is 6.42 Å². The van der Waals surface area contributed by atoms with Crippen LogP contribution in [0.25, 0.3) is 0 Å². The van der Waals surface area contributed by atoms with Crippen LogP contribution >= 0.6 is 0 Å². The van der Waals surface area contributed by atoms with E-state index in [2.05, 4.69) is 0 Å². The molecule has 0 aromatic heterocycles. The number of nitrogens with zero attached hydrogens (tertiary/aromatic N) is 1. The molecule has 1 unspecified atom stereocenters. The van der Waals surface area contributed by atoms with E-state index < -0.39 is 17.9 Å². The van der Waals surface area contributed by atoms with Crippen molar-refractivity contribution >= 4 is 17.8 Å². The van der Waals surface area contributed by atoms with Crippen LogP contribution < -0.4 is 0 Å². The van der Waals surface area contributed by atoms with Gasteiger partial charge in [-0.15, -0.1) is 0 Å². The van der Waals surface area contributed by atoms with E-state index in [-0.39, 0.29) is 25.4 Å². The van der Waals surface area contributed by atoms with Gasteiger partial charge in [0, 0.05) is 25.6 Å². The largest absolute Gasteiger partial charge is 0.481 e. The van der Waals surface area contributed by atoms with Gasteiger partial charge < -0.3 is 15.1 Å². The van der Waals surface area contributed by atoms with Crippen LogP contribution in [-0.4, -0.2) is 46.0 Å². The monoisotopic (exact) mass is 271 g/mol. The van der Waals surface area contributed by atoms with E-state index in [9.17, 15) is 14.4 Å². The summed E-state index contributed by atoms with van der Waals surface area (Å²) in [5, 5.41) is 17.4. The highest BCUT2D eigenvalue weighted by atomic mass is 16.4. The molecule has 1 atom stereocenters. The number of hydrogen-bond acceptors (Lipinski definition) is 3. The van der Waals surface area contributed by atoms with Gasteiger partial charge in [-0.25, -0.2) is 0 Å². The van der Waals surface area contributed by atoms with E-state index >= 15 is 0 Å². The van der Waals surface area contributed by atoms with E-state index in [1.54, 1.807) is 13.8 Å². The van der Waals surface area contributed by atoms with Crippen LogP contribution in [0.2, 0.25) is 0 Å². The zero-order chi connectivity index (χ0) is 15.0. The molecule has 0 fully saturated rings. The van der Waals surface area contributed by atoms with Crippen LogP contribution in [0, 0.1) is 5.92 Å². The fourth-order valence-corrected chi connectivity index (χ4v) is 1.46. The SMILES string of the molecule is CC(C)=CC(=O)N(CCCC(=O)O)CC(C)C(=O)O. The number of carboxylic acids is 2. The molecule has 0 saturated heterocycles. The summed E-state index contributed by atoms with van der Waals surface area (Å²) in [5.74, 6) is -2.87. The fraction of sp³-hybridized carbons (Fsp3) is 0.615. The molecule has 0 aromatic rings. The molecule has 0 spiro atoms. The number of hydrogen-bond donors (Lipinski definition) is 2. The van der Waals surface area contributed by atoms with Gasteiger partial charge in [0.1, 0.15) is 0 Å². The molecule has 0 aromatic carbocycles. The molecule has 0 aliphatic rings.